The lowest BCUT2D eigenvalue weighted by atomic mass is 9.99. The summed E-state index contributed by atoms with van der Waals surface area (Å²) in [6.07, 6.45) is 0.140. The van der Waals surface area contributed by atoms with Crippen molar-refractivity contribution in [2.24, 2.45) is 0 Å². The Morgan fingerprint density at radius 2 is 1.67 bits per heavy atom. The summed E-state index contributed by atoms with van der Waals surface area (Å²) in [6.45, 7) is 3.52. The zero-order chi connectivity index (χ0) is 18.5. The molecule has 134 valence electrons. The number of hydrogen-bond donors (Lipinski definition) is 0. The predicted octanol–water partition coefficient (Wildman–Crippen LogP) is 4.80. The first-order chi connectivity index (χ1) is 13.3. The van der Waals surface area contributed by atoms with Crippen LogP contribution in [0.5, 0.6) is 0 Å². The molecule has 3 aromatic carbocycles. The molecule has 3 heteroatoms. The van der Waals surface area contributed by atoms with E-state index in [2.05, 4.69) is 59.5 Å². The van der Waals surface area contributed by atoms with E-state index in [1.807, 2.05) is 30.3 Å². The van der Waals surface area contributed by atoms with Crippen LogP contribution in [-0.4, -0.2) is 24.6 Å². The van der Waals surface area contributed by atoms with Crippen molar-refractivity contribution in [1.29, 1.82) is 5.26 Å². The molecule has 27 heavy (non-hydrogen) atoms. The third-order valence-electron chi connectivity index (χ3n) is 5.04. The quantitative estimate of drug-likeness (QED) is 0.675. The largest absolute Gasteiger partial charge is 0.371 e. The number of ether oxygens (including phenoxy) is 1. The average molecular weight is 354 g/mol. The fraction of sp³-hybridized carbons (Fsp3) is 0.208. The van der Waals surface area contributed by atoms with Crippen molar-refractivity contribution in [3.8, 4) is 17.2 Å². The molecular formula is C24H22N2O. The van der Waals surface area contributed by atoms with E-state index in [-0.39, 0.29) is 6.10 Å². The second-order valence-corrected chi connectivity index (χ2v) is 6.86. The van der Waals surface area contributed by atoms with Crippen molar-refractivity contribution < 1.29 is 4.74 Å². The molecule has 1 aliphatic rings. The minimum absolute atomic E-state index is 0.140. The molecule has 0 bridgehead atoms. The molecule has 1 aliphatic heterocycles. The van der Waals surface area contributed by atoms with Gasteiger partial charge in [-0.25, -0.2) is 0 Å². The summed E-state index contributed by atoms with van der Waals surface area (Å²) in [5.74, 6) is 0. The molecule has 4 rings (SSSR count). The lowest BCUT2D eigenvalue weighted by molar-refractivity contribution is -0.0329. The van der Waals surface area contributed by atoms with Gasteiger partial charge < -0.3 is 4.74 Å². The van der Waals surface area contributed by atoms with Crippen LogP contribution >= 0.6 is 0 Å². The highest BCUT2D eigenvalue weighted by Crippen LogP contribution is 2.25. The lowest BCUT2D eigenvalue weighted by Crippen LogP contribution is -2.37. The van der Waals surface area contributed by atoms with Gasteiger partial charge in [0.25, 0.3) is 0 Å². The second kappa shape index (κ2) is 8.18. The van der Waals surface area contributed by atoms with E-state index in [9.17, 15) is 5.26 Å². The SMILES string of the molecule is N#Cc1ccccc1-c1ccc(CN2CCO[C@H](c3ccccc3)C2)cc1. The fourth-order valence-corrected chi connectivity index (χ4v) is 3.60. The van der Waals surface area contributed by atoms with Crippen LogP contribution in [0.2, 0.25) is 0 Å². The number of hydrogen-bond acceptors (Lipinski definition) is 3. The van der Waals surface area contributed by atoms with Gasteiger partial charge in [0.2, 0.25) is 0 Å². The standard InChI is InChI=1S/C24H22N2O/c25-16-22-8-4-5-9-23(22)20-12-10-19(11-13-20)17-26-14-15-27-24(18-26)21-6-2-1-3-7-21/h1-13,24H,14-15,17-18H2/t24-/m0/s1. The molecule has 0 N–H and O–H groups in total. The molecule has 0 unspecified atom stereocenters. The van der Waals surface area contributed by atoms with Crippen molar-refractivity contribution in [3.63, 3.8) is 0 Å². The number of rotatable bonds is 4. The average Bonchev–Trinajstić information content (AvgIpc) is 2.75. The highest BCUT2D eigenvalue weighted by atomic mass is 16.5. The third-order valence-corrected chi connectivity index (χ3v) is 5.04. The molecule has 1 heterocycles. The van der Waals surface area contributed by atoms with Gasteiger partial charge in [-0.2, -0.15) is 5.26 Å². The Hall–Kier alpha value is -2.93. The minimum Gasteiger partial charge on any atom is -0.371 e. The van der Waals surface area contributed by atoms with Crippen molar-refractivity contribution >= 4 is 0 Å². The maximum absolute atomic E-state index is 9.30. The van der Waals surface area contributed by atoms with Gasteiger partial charge in [0.05, 0.1) is 24.3 Å². The molecule has 3 nitrogen and oxygen atoms in total. The minimum atomic E-state index is 0.140. The zero-order valence-corrected chi connectivity index (χ0v) is 15.2. The van der Waals surface area contributed by atoms with Crippen molar-refractivity contribution in [1.82, 2.24) is 4.90 Å². The summed E-state index contributed by atoms with van der Waals surface area (Å²) >= 11 is 0. The van der Waals surface area contributed by atoms with Crippen LogP contribution in [0.1, 0.15) is 22.8 Å². The third kappa shape index (κ3) is 4.09. The van der Waals surface area contributed by atoms with Gasteiger partial charge >= 0.3 is 0 Å². The normalized spacial score (nSPS) is 17.4. The second-order valence-electron chi connectivity index (χ2n) is 6.86. The Morgan fingerprint density at radius 3 is 2.44 bits per heavy atom. The summed E-state index contributed by atoms with van der Waals surface area (Å²) in [5, 5.41) is 9.30. The topological polar surface area (TPSA) is 36.3 Å². The summed E-state index contributed by atoms with van der Waals surface area (Å²) in [7, 11) is 0. The van der Waals surface area contributed by atoms with Crippen LogP contribution in [0.15, 0.2) is 78.9 Å². The Kier molecular flexibility index (Phi) is 5.29. The first kappa shape index (κ1) is 17.5. The van der Waals surface area contributed by atoms with Crippen molar-refractivity contribution in [2.75, 3.05) is 19.7 Å². The number of nitrogens with zero attached hydrogens (tertiary/aromatic N) is 2. The molecule has 0 spiro atoms. The van der Waals surface area contributed by atoms with Gasteiger partial charge in [0.15, 0.2) is 0 Å². The molecular weight excluding hydrogens is 332 g/mol. The molecule has 1 saturated heterocycles. The summed E-state index contributed by atoms with van der Waals surface area (Å²) in [6, 6.07) is 29.0. The zero-order valence-electron chi connectivity index (χ0n) is 15.2. The predicted molar refractivity (Wildman–Crippen MR) is 107 cm³/mol. The summed E-state index contributed by atoms with van der Waals surface area (Å²) in [5.41, 5.74) is 5.30. The van der Waals surface area contributed by atoms with Crippen LogP contribution in [0.25, 0.3) is 11.1 Å². The highest BCUT2D eigenvalue weighted by molar-refractivity contribution is 5.70. The van der Waals surface area contributed by atoms with E-state index >= 15 is 0 Å². The first-order valence-corrected chi connectivity index (χ1v) is 9.31. The number of nitriles is 1. The summed E-state index contributed by atoms with van der Waals surface area (Å²) < 4.78 is 5.96. The van der Waals surface area contributed by atoms with E-state index in [1.54, 1.807) is 0 Å². The molecule has 0 radical (unpaired) electrons. The Balaban J connectivity index is 1.45. The van der Waals surface area contributed by atoms with Gasteiger partial charge in [0, 0.05) is 19.6 Å². The number of benzene rings is 3. The van der Waals surface area contributed by atoms with Crippen LogP contribution < -0.4 is 0 Å². The summed E-state index contributed by atoms with van der Waals surface area (Å²) in [4.78, 5) is 2.44. The fourth-order valence-electron chi connectivity index (χ4n) is 3.60. The Morgan fingerprint density at radius 1 is 0.926 bits per heavy atom. The molecule has 0 aliphatic carbocycles. The smallest absolute Gasteiger partial charge is 0.0998 e. The maximum Gasteiger partial charge on any atom is 0.0998 e. The molecule has 1 fully saturated rings. The highest BCUT2D eigenvalue weighted by Gasteiger charge is 2.21. The lowest BCUT2D eigenvalue weighted by Gasteiger charge is -2.33. The molecule has 0 saturated carbocycles. The van der Waals surface area contributed by atoms with E-state index in [1.165, 1.54) is 11.1 Å². The van der Waals surface area contributed by atoms with Crippen LogP contribution in [0.4, 0.5) is 0 Å². The first-order valence-electron chi connectivity index (χ1n) is 9.31. The van der Waals surface area contributed by atoms with Gasteiger partial charge in [-0.3, -0.25) is 4.90 Å². The van der Waals surface area contributed by atoms with E-state index in [4.69, 9.17) is 4.74 Å². The molecule has 1 atom stereocenters. The van der Waals surface area contributed by atoms with Gasteiger partial charge in [-0.05, 0) is 28.3 Å². The molecule has 0 amide bonds. The van der Waals surface area contributed by atoms with Crippen molar-refractivity contribution in [2.45, 2.75) is 12.6 Å². The number of morpholine rings is 1. The van der Waals surface area contributed by atoms with E-state index in [0.717, 1.165) is 37.4 Å². The molecule has 0 aromatic heterocycles. The van der Waals surface area contributed by atoms with E-state index < -0.39 is 0 Å². The van der Waals surface area contributed by atoms with Gasteiger partial charge in [0.1, 0.15) is 0 Å². The van der Waals surface area contributed by atoms with Gasteiger partial charge in [-0.15, -0.1) is 0 Å². The van der Waals surface area contributed by atoms with E-state index in [0.29, 0.717) is 5.56 Å². The Labute approximate surface area is 160 Å². The van der Waals surface area contributed by atoms with Crippen LogP contribution in [-0.2, 0) is 11.3 Å². The van der Waals surface area contributed by atoms with Crippen molar-refractivity contribution in [3.05, 3.63) is 95.6 Å². The maximum atomic E-state index is 9.30. The molecule has 3 aromatic rings. The monoisotopic (exact) mass is 354 g/mol. The van der Waals surface area contributed by atoms with Crippen LogP contribution in [0.3, 0.4) is 0 Å². The van der Waals surface area contributed by atoms with Crippen LogP contribution in [0, 0.1) is 11.3 Å². The Bertz CT molecular complexity index is 929. The van der Waals surface area contributed by atoms with Gasteiger partial charge in [-0.1, -0.05) is 72.8 Å².